The summed E-state index contributed by atoms with van der Waals surface area (Å²) >= 11 is 10.4. The first-order valence-corrected chi connectivity index (χ1v) is 7.06. The van der Waals surface area contributed by atoms with Gasteiger partial charge in [-0.1, -0.05) is 11.6 Å². The Morgan fingerprint density at radius 3 is 2.78 bits per heavy atom. The number of aromatic hydroxyl groups is 1. The molecule has 1 amide bonds. The zero-order chi connectivity index (χ0) is 13.1. The Bertz CT molecular complexity index is 585. The van der Waals surface area contributed by atoms with Crippen LogP contribution < -0.4 is 5.32 Å². The molecule has 94 valence electrons. The summed E-state index contributed by atoms with van der Waals surface area (Å²) in [5, 5.41) is 12.3. The van der Waals surface area contributed by atoms with E-state index >= 15 is 0 Å². The molecule has 0 radical (unpaired) electrons. The highest BCUT2D eigenvalue weighted by molar-refractivity contribution is 9.10. The lowest BCUT2D eigenvalue weighted by molar-refractivity contribution is 0.0951. The van der Waals surface area contributed by atoms with Gasteiger partial charge < -0.3 is 10.4 Å². The number of rotatable bonds is 3. The van der Waals surface area contributed by atoms with Crippen LogP contribution in [0.25, 0.3) is 0 Å². The molecule has 2 rings (SSSR count). The van der Waals surface area contributed by atoms with E-state index in [-0.39, 0.29) is 11.7 Å². The predicted molar refractivity (Wildman–Crippen MR) is 76.3 cm³/mol. The zero-order valence-electron chi connectivity index (χ0n) is 9.11. The first kappa shape index (κ1) is 13.4. The summed E-state index contributed by atoms with van der Waals surface area (Å²) in [6.45, 7) is 0.424. The molecule has 1 heterocycles. The fourth-order valence-electron chi connectivity index (χ4n) is 1.37. The van der Waals surface area contributed by atoms with Crippen LogP contribution in [-0.2, 0) is 6.54 Å². The number of thiophene rings is 1. The smallest absolute Gasteiger partial charge is 0.251 e. The summed E-state index contributed by atoms with van der Waals surface area (Å²) < 4.78 is 1.25. The summed E-state index contributed by atoms with van der Waals surface area (Å²) in [6.07, 6.45) is 0. The lowest BCUT2D eigenvalue weighted by atomic mass is 10.2. The van der Waals surface area contributed by atoms with Crippen molar-refractivity contribution in [3.63, 3.8) is 0 Å². The monoisotopic (exact) mass is 345 g/mol. The Kier molecular flexibility index (Phi) is 4.27. The molecule has 0 unspecified atom stereocenters. The van der Waals surface area contributed by atoms with Crippen LogP contribution in [0.15, 0.2) is 34.8 Å². The van der Waals surface area contributed by atoms with Gasteiger partial charge in [0.2, 0.25) is 0 Å². The van der Waals surface area contributed by atoms with Crippen LogP contribution in [0.1, 0.15) is 15.2 Å². The minimum Gasteiger partial charge on any atom is -0.507 e. The highest BCUT2D eigenvalue weighted by Crippen LogP contribution is 2.24. The van der Waals surface area contributed by atoms with Crippen LogP contribution in [0, 0.1) is 0 Å². The molecule has 0 fully saturated rings. The fourth-order valence-corrected chi connectivity index (χ4v) is 2.64. The molecule has 2 N–H and O–H groups in total. The van der Waals surface area contributed by atoms with Gasteiger partial charge in [-0.05, 0) is 46.3 Å². The molecule has 1 aromatic carbocycles. The maximum atomic E-state index is 11.8. The Morgan fingerprint density at radius 2 is 2.17 bits per heavy atom. The molecule has 0 aliphatic carbocycles. The molecular formula is C12H9BrClNO2S. The first-order valence-electron chi connectivity index (χ1n) is 5.07. The maximum Gasteiger partial charge on any atom is 0.251 e. The molecule has 6 heteroatoms. The van der Waals surface area contributed by atoms with E-state index in [4.69, 9.17) is 11.6 Å². The standard InChI is InChI=1S/C12H9BrClNO2S/c13-9-3-1-7(5-10(9)16)12(17)15-6-8-2-4-11(14)18-8/h1-5,16H,6H2,(H,15,17). The molecule has 0 spiro atoms. The number of phenols is 1. The molecule has 0 atom stereocenters. The topological polar surface area (TPSA) is 49.3 Å². The van der Waals surface area contributed by atoms with Crippen molar-refractivity contribution in [1.29, 1.82) is 0 Å². The van der Waals surface area contributed by atoms with Gasteiger partial charge in [0, 0.05) is 10.4 Å². The Hall–Kier alpha value is -1.04. The number of carbonyl (C=O) groups excluding carboxylic acids is 1. The Balaban J connectivity index is 2.01. The average molecular weight is 347 g/mol. The van der Waals surface area contributed by atoms with E-state index in [0.717, 1.165) is 4.88 Å². The lowest BCUT2D eigenvalue weighted by Gasteiger charge is -2.05. The summed E-state index contributed by atoms with van der Waals surface area (Å²) in [7, 11) is 0. The van der Waals surface area contributed by atoms with E-state index in [1.54, 1.807) is 18.2 Å². The third kappa shape index (κ3) is 3.25. The molecule has 0 saturated carbocycles. The van der Waals surface area contributed by atoms with Crippen LogP contribution >= 0.6 is 38.9 Å². The summed E-state index contributed by atoms with van der Waals surface area (Å²) in [5.74, 6) is -0.191. The molecule has 0 aliphatic rings. The molecule has 0 aliphatic heterocycles. The molecule has 2 aromatic rings. The van der Waals surface area contributed by atoms with Gasteiger partial charge in [0.05, 0.1) is 15.4 Å². The van der Waals surface area contributed by atoms with Crippen molar-refractivity contribution >= 4 is 44.8 Å². The second-order valence-corrected chi connectivity index (χ2v) is 6.21. The van der Waals surface area contributed by atoms with Gasteiger partial charge in [0.15, 0.2) is 0 Å². The number of amides is 1. The number of benzene rings is 1. The fraction of sp³-hybridized carbons (Fsp3) is 0.0833. The van der Waals surface area contributed by atoms with Crippen molar-refractivity contribution in [2.24, 2.45) is 0 Å². The molecule has 18 heavy (non-hydrogen) atoms. The van der Waals surface area contributed by atoms with Crippen molar-refractivity contribution < 1.29 is 9.90 Å². The number of halogens is 2. The zero-order valence-corrected chi connectivity index (χ0v) is 12.3. The average Bonchev–Trinajstić information content (AvgIpc) is 2.75. The maximum absolute atomic E-state index is 11.8. The first-order chi connectivity index (χ1) is 8.56. The van der Waals surface area contributed by atoms with Crippen LogP contribution in [-0.4, -0.2) is 11.0 Å². The Labute approximate surface area is 122 Å². The second-order valence-electron chi connectivity index (χ2n) is 3.55. The van der Waals surface area contributed by atoms with Gasteiger partial charge in [-0.3, -0.25) is 4.79 Å². The van der Waals surface area contributed by atoms with Crippen molar-refractivity contribution in [3.8, 4) is 5.75 Å². The van der Waals surface area contributed by atoms with Crippen LogP contribution in [0.5, 0.6) is 5.75 Å². The summed E-state index contributed by atoms with van der Waals surface area (Å²) in [5.41, 5.74) is 0.415. The van der Waals surface area contributed by atoms with Crippen molar-refractivity contribution in [2.75, 3.05) is 0 Å². The third-order valence-electron chi connectivity index (χ3n) is 2.26. The number of hydrogen-bond donors (Lipinski definition) is 2. The molecule has 0 saturated heterocycles. The van der Waals surface area contributed by atoms with E-state index in [1.165, 1.54) is 17.4 Å². The molecule has 3 nitrogen and oxygen atoms in total. The van der Waals surface area contributed by atoms with E-state index in [2.05, 4.69) is 21.2 Å². The van der Waals surface area contributed by atoms with Gasteiger partial charge in [0.25, 0.3) is 5.91 Å². The van der Waals surface area contributed by atoms with Gasteiger partial charge in [-0.25, -0.2) is 0 Å². The summed E-state index contributed by atoms with van der Waals surface area (Å²) in [4.78, 5) is 12.8. The number of nitrogens with one attached hydrogen (secondary N) is 1. The molecular weight excluding hydrogens is 338 g/mol. The normalized spacial score (nSPS) is 10.3. The van der Waals surface area contributed by atoms with Crippen molar-refractivity contribution in [2.45, 2.75) is 6.54 Å². The lowest BCUT2D eigenvalue weighted by Crippen LogP contribution is -2.22. The number of phenolic OH excluding ortho intramolecular Hbond substituents is 1. The highest BCUT2D eigenvalue weighted by Gasteiger charge is 2.08. The van der Waals surface area contributed by atoms with Crippen molar-refractivity contribution in [1.82, 2.24) is 5.32 Å². The van der Waals surface area contributed by atoms with Gasteiger partial charge in [0.1, 0.15) is 5.75 Å². The second kappa shape index (κ2) is 5.73. The predicted octanol–water partition coefficient (Wildman–Crippen LogP) is 3.80. The van der Waals surface area contributed by atoms with E-state index in [9.17, 15) is 9.90 Å². The minimum atomic E-state index is -0.234. The highest BCUT2D eigenvalue weighted by atomic mass is 79.9. The van der Waals surface area contributed by atoms with Gasteiger partial charge in [-0.2, -0.15) is 0 Å². The van der Waals surface area contributed by atoms with Gasteiger partial charge >= 0.3 is 0 Å². The van der Waals surface area contributed by atoms with Crippen LogP contribution in [0.3, 0.4) is 0 Å². The van der Waals surface area contributed by atoms with Crippen molar-refractivity contribution in [3.05, 3.63) is 49.6 Å². The van der Waals surface area contributed by atoms with E-state index < -0.39 is 0 Å². The van der Waals surface area contributed by atoms with Gasteiger partial charge in [-0.15, -0.1) is 11.3 Å². The minimum absolute atomic E-state index is 0.0434. The van der Waals surface area contributed by atoms with Crippen LogP contribution in [0.4, 0.5) is 0 Å². The molecule has 1 aromatic heterocycles. The van der Waals surface area contributed by atoms with E-state index in [1.807, 2.05) is 6.07 Å². The SMILES string of the molecule is O=C(NCc1ccc(Cl)s1)c1ccc(Br)c(O)c1. The Morgan fingerprint density at radius 1 is 1.39 bits per heavy atom. The number of hydrogen-bond acceptors (Lipinski definition) is 3. The van der Waals surface area contributed by atoms with Crippen LogP contribution in [0.2, 0.25) is 4.34 Å². The molecule has 0 bridgehead atoms. The quantitative estimate of drug-likeness (QED) is 0.888. The largest absolute Gasteiger partial charge is 0.507 e. The summed E-state index contributed by atoms with van der Waals surface area (Å²) in [6, 6.07) is 8.35. The number of carbonyl (C=O) groups is 1. The third-order valence-corrected chi connectivity index (χ3v) is 4.16. The van der Waals surface area contributed by atoms with E-state index in [0.29, 0.717) is 20.9 Å².